The number of anilines is 1. The summed E-state index contributed by atoms with van der Waals surface area (Å²) in [5.74, 6) is -0.173. The summed E-state index contributed by atoms with van der Waals surface area (Å²) in [7, 11) is 1.61. The van der Waals surface area contributed by atoms with Gasteiger partial charge in [-0.1, -0.05) is 29.9 Å². The number of aromatic amines is 1. The lowest BCUT2D eigenvalue weighted by atomic mass is 9.99. The summed E-state index contributed by atoms with van der Waals surface area (Å²) in [5, 5.41) is 3.50. The SMILES string of the molecule is CCn1c(=O)[nH]c2cc(C=C3CCN(c4ccc(C(=O)NC)nc4C)CC3)ccc2c1=S. The summed E-state index contributed by atoms with van der Waals surface area (Å²) in [4.78, 5) is 33.8. The molecule has 1 aromatic carbocycles. The summed E-state index contributed by atoms with van der Waals surface area (Å²) in [6, 6.07) is 9.80. The van der Waals surface area contributed by atoms with E-state index in [-0.39, 0.29) is 11.6 Å². The predicted molar refractivity (Wildman–Crippen MR) is 131 cm³/mol. The number of hydrogen-bond donors (Lipinski definition) is 2. The highest BCUT2D eigenvalue weighted by Crippen LogP contribution is 2.27. The molecule has 32 heavy (non-hydrogen) atoms. The number of piperidine rings is 1. The Labute approximate surface area is 191 Å². The van der Waals surface area contributed by atoms with E-state index < -0.39 is 0 Å². The van der Waals surface area contributed by atoms with Crippen molar-refractivity contribution in [2.75, 3.05) is 25.0 Å². The zero-order valence-electron chi connectivity index (χ0n) is 18.6. The Kier molecular flexibility index (Phi) is 6.23. The number of fused-ring (bicyclic) bond motifs is 1. The van der Waals surface area contributed by atoms with Gasteiger partial charge in [-0.2, -0.15) is 0 Å². The molecule has 2 N–H and O–H groups in total. The maximum Gasteiger partial charge on any atom is 0.326 e. The molecule has 8 heteroatoms. The molecule has 0 radical (unpaired) electrons. The van der Waals surface area contributed by atoms with E-state index >= 15 is 0 Å². The van der Waals surface area contributed by atoms with Crippen molar-refractivity contribution in [3.63, 3.8) is 0 Å². The van der Waals surface area contributed by atoms with Gasteiger partial charge < -0.3 is 15.2 Å². The minimum absolute atomic E-state index is 0.172. The first-order valence-corrected chi connectivity index (χ1v) is 11.2. The lowest BCUT2D eigenvalue weighted by molar-refractivity contribution is 0.0958. The lowest BCUT2D eigenvalue weighted by Crippen LogP contribution is -2.31. The first kappa shape index (κ1) is 22.0. The molecule has 1 aliphatic rings. The molecule has 1 fully saturated rings. The van der Waals surface area contributed by atoms with Gasteiger partial charge in [0.1, 0.15) is 10.3 Å². The molecule has 0 bridgehead atoms. The van der Waals surface area contributed by atoms with Gasteiger partial charge in [0.25, 0.3) is 5.91 Å². The highest BCUT2D eigenvalue weighted by Gasteiger charge is 2.18. The number of hydrogen-bond acceptors (Lipinski definition) is 5. The second-order valence-electron chi connectivity index (χ2n) is 7.95. The minimum atomic E-state index is -0.173. The predicted octanol–water partition coefficient (Wildman–Crippen LogP) is 3.83. The molecule has 1 aliphatic heterocycles. The summed E-state index contributed by atoms with van der Waals surface area (Å²) in [6.07, 6.45) is 4.10. The van der Waals surface area contributed by atoms with Crippen molar-refractivity contribution in [1.82, 2.24) is 19.9 Å². The van der Waals surface area contributed by atoms with E-state index in [1.165, 1.54) is 5.57 Å². The number of nitrogens with one attached hydrogen (secondary N) is 2. The zero-order chi connectivity index (χ0) is 22.8. The molecule has 1 amide bonds. The molecule has 0 aliphatic carbocycles. The van der Waals surface area contributed by atoms with E-state index in [1.807, 2.05) is 32.0 Å². The van der Waals surface area contributed by atoms with Crippen LogP contribution in [-0.4, -0.2) is 40.6 Å². The second kappa shape index (κ2) is 9.08. The summed E-state index contributed by atoms with van der Waals surface area (Å²) >= 11 is 5.48. The van der Waals surface area contributed by atoms with Gasteiger partial charge in [0, 0.05) is 32.1 Å². The van der Waals surface area contributed by atoms with Crippen LogP contribution in [0.5, 0.6) is 0 Å². The molecule has 2 aromatic heterocycles. The van der Waals surface area contributed by atoms with Crippen LogP contribution in [0.25, 0.3) is 17.0 Å². The van der Waals surface area contributed by atoms with Gasteiger partial charge in [-0.15, -0.1) is 0 Å². The van der Waals surface area contributed by atoms with E-state index in [4.69, 9.17) is 12.2 Å². The number of amides is 1. The number of benzene rings is 1. The van der Waals surface area contributed by atoms with E-state index in [1.54, 1.807) is 17.7 Å². The van der Waals surface area contributed by atoms with Crippen molar-refractivity contribution in [2.45, 2.75) is 33.2 Å². The monoisotopic (exact) mass is 449 g/mol. The van der Waals surface area contributed by atoms with E-state index in [0.29, 0.717) is 16.9 Å². The Bertz CT molecular complexity index is 1330. The molecule has 0 saturated carbocycles. The van der Waals surface area contributed by atoms with Crippen molar-refractivity contribution >= 4 is 40.8 Å². The third-order valence-electron chi connectivity index (χ3n) is 5.96. The lowest BCUT2D eigenvalue weighted by Gasteiger charge is -2.31. The zero-order valence-corrected chi connectivity index (χ0v) is 19.4. The van der Waals surface area contributed by atoms with Crippen LogP contribution < -0.4 is 15.9 Å². The molecule has 3 aromatic rings. The van der Waals surface area contributed by atoms with Gasteiger partial charge in [0.2, 0.25) is 0 Å². The number of pyridine rings is 1. The van der Waals surface area contributed by atoms with Crippen molar-refractivity contribution in [2.24, 2.45) is 0 Å². The Balaban J connectivity index is 1.51. The smallest absolute Gasteiger partial charge is 0.326 e. The molecule has 4 rings (SSSR count). The fraction of sp³-hybridized carbons (Fsp3) is 0.333. The van der Waals surface area contributed by atoms with Crippen molar-refractivity contribution < 1.29 is 4.79 Å². The first-order valence-electron chi connectivity index (χ1n) is 10.8. The highest BCUT2D eigenvalue weighted by atomic mass is 32.1. The van der Waals surface area contributed by atoms with Crippen LogP contribution >= 0.6 is 12.2 Å². The molecule has 166 valence electrons. The molecule has 1 saturated heterocycles. The van der Waals surface area contributed by atoms with Crippen LogP contribution in [0.4, 0.5) is 5.69 Å². The van der Waals surface area contributed by atoms with E-state index in [0.717, 1.165) is 53.8 Å². The quantitative estimate of drug-likeness (QED) is 0.592. The topological polar surface area (TPSA) is 83.0 Å². The molecule has 0 atom stereocenters. The minimum Gasteiger partial charge on any atom is -0.369 e. The van der Waals surface area contributed by atoms with Gasteiger partial charge in [-0.3, -0.25) is 9.36 Å². The number of carbonyl (C=O) groups excluding carboxylic acids is 1. The average Bonchev–Trinajstić information content (AvgIpc) is 2.79. The molecule has 7 nitrogen and oxygen atoms in total. The Morgan fingerprint density at radius 2 is 2.00 bits per heavy atom. The second-order valence-corrected chi connectivity index (χ2v) is 8.34. The van der Waals surface area contributed by atoms with Crippen LogP contribution in [0.2, 0.25) is 0 Å². The van der Waals surface area contributed by atoms with Crippen LogP contribution in [0, 0.1) is 11.6 Å². The maximum absolute atomic E-state index is 12.3. The van der Waals surface area contributed by atoms with Crippen LogP contribution in [0.1, 0.15) is 41.5 Å². The normalized spacial score (nSPS) is 14.0. The number of rotatable bonds is 4. The van der Waals surface area contributed by atoms with Gasteiger partial charge in [-0.25, -0.2) is 9.78 Å². The molecule has 0 spiro atoms. The van der Waals surface area contributed by atoms with Crippen molar-refractivity contribution in [3.8, 4) is 0 Å². The number of H-pyrrole nitrogens is 1. The fourth-order valence-corrected chi connectivity index (χ4v) is 4.60. The van der Waals surface area contributed by atoms with Gasteiger partial charge in [0.05, 0.1) is 16.9 Å². The highest BCUT2D eigenvalue weighted by molar-refractivity contribution is 7.71. The van der Waals surface area contributed by atoms with Crippen LogP contribution in [-0.2, 0) is 6.54 Å². The fourth-order valence-electron chi connectivity index (χ4n) is 4.21. The Morgan fingerprint density at radius 3 is 2.66 bits per heavy atom. The number of aromatic nitrogens is 3. The summed E-state index contributed by atoms with van der Waals surface area (Å²) in [6.45, 7) is 6.19. The maximum atomic E-state index is 12.3. The largest absolute Gasteiger partial charge is 0.369 e. The Hall–Kier alpha value is -3.26. The third-order valence-corrected chi connectivity index (χ3v) is 6.40. The number of nitrogens with zero attached hydrogens (tertiary/aromatic N) is 3. The standard InChI is InChI=1S/C24H27N5O2S/c1-4-29-23(32)18-6-5-17(14-20(18)27-24(29)31)13-16-9-11-28(12-10-16)21-8-7-19(22(30)25-3)26-15(21)2/h5-8,13-14H,4,9-12H2,1-3H3,(H,25,30)(H,27,31). The molecular formula is C24H27N5O2S. The van der Waals surface area contributed by atoms with E-state index in [2.05, 4.69) is 32.3 Å². The van der Waals surface area contributed by atoms with Gasteiger partial charge in [-0.05, 0) is 56.5 Å². The Morgan fingerprint density at radius 1 is 1.25 bits per heavy atom. The van der Waals surface area contributed by atoms with Gasteiger partial charge >= 0.3 is 5.69 Å². The molecule has 0 unspecified atom stereocenters. The summed E-state index contributed by atoms with van der Waals surface area (Å²) < 4.78 is 2.15. The number of aryl methyl sites for hydroxylation is 1. The molecular weight excluding hydrogens is 422 g/mol. The molecule has 3 heterocycles. The number of carbonyl (C=O) groups is 1. The summed E-state index contributed by atoms with van der Waals surface area (Å²) in [5.41, 5.74) is 5.40. The third kappa shape index (κ3) is 4.23. The first-order chi connectivity index (χ1) is 15.4. The van der Waals surface area contributed by atoms with Crippen LogP contribution in [0.15, 0.2) is 40.7 Å². The average molecular weight is 450 g/mol. The van der Waals surface area contributed by atoms with Crippen molar-refractivity contribution in [3.05, 3.63) is 68.0 Å². The van der Waals surface area contributed by atoms with Gasteiger partial charge in [0.15, 0.2) is 0 Å². The van der Waals surface area contributed by atoms with Crippen LogP contribution in [0.3, 0.4) is 0 Å². The van der Waals surface area contributed by atoms with Crippen molar-refractivity contribution in [1.29, 1.82) is 0 Å². The van der Waals surface area contributed by atoms with E-state index in [9.17, 15) is 9.59 Å².